The van der Waals surface area contributed by atoms with Crippen LogP contribution in [0.2, 0.25) is 0 Å². The van der Waals surface area contributed by atoms with Crippen molar-refractivity contribution >= 4 is 23.4 Å². The van der Waals surface area contributed by atoms with Crippen LogP contribution < -0.4 is 10.1 Å². The molecule has 1 amide bonds. The van der Waals surface area contributed by atoms with Gasteiger partial charge in [-0.3, -0.25) is 9.89 Å². The molecule has 0 aliphatic carbocycles. The van der Waals surface area contributed by atoms with Crippen molar-refractivity contribution in [3.05, 3.63) is 84.4 Å². The van der Waals surface area contributed by atoms with Gasteiger partial charge in [0.2, 0.25) is 11.1 Å². The van der Waals surface area contributed by atoms with E-state index in [4.69, 9.17) is 4.74 Å². The monoisotopic (exact) mass is 472 g/mol. The van der Waals surface area contributed by atoms with Gasteiger partial charge in [0.05, 0.1) is 5.75 Å². The van der Waals surface area contributed by atoms with Crippen LogP contribution in [0.5, 0.6) is 11.5 Å². The predicted octanol–water partition coefficient (Wildman–Crippen LogP) is 6.68. The first-order valence-corrected chi connectivity index (χ1v) is 12.2. The summed E-state index contributed by atoms with van der Waals surface area (Å²) in [5.41, 5.74) is 3.10. The van der Waals surface area contributed by atoms with Gasteiger partial charge in [-0.2, -0.15) is 0 Å². The number of anilines is 1. The number of carbonyl (C=O) groups is 1. The number of aromatic amines is 1. The topological polar surface area (TPSA) is 79.9 Å². The van der Waals surface area contributed by atoms with Gasteiger partial charge in [0.1, 0.15) is 11.5 Å². The highest BCUT2D eigenvalue weighted by Crippen LogP contribution is 2.30. The Labute approximate surface area is 204 Å². The third-order valence-electron chi connectivity index (χ3n) is 5.74. The molecule has 0 spiro atoms. The number of amides is 1. The van der Waals surface area contributed by atoms with Gasteiger partial charge >= 0.3 is 0 Å². The summed E-state index contributed by atoms with van der Waals surface area (Å²) in [5, 5.41) is 10.5. The van der Waals surface area contributed by atoms with E-state index in [0.717, 1.165) is 17.7 Å². The highest BCUT2D eigenvalue weighted by atomic mass is 32.2. The fourth-order valence-corrected chi connectivity index (χ4v) is 3.88. The molecule has 7 heteroatoms. The number of nitrogens with zero attached hydrogens (tertiary/aromatic N) is 2. The molecule has 174 valence electrons. The Morgan fingerprint density at radius 1 is 0.971 bits per heavy atom. The molecule has 0 unspecified atom stereocenters. The van der Waals surface area contributed by atoms with Crippen LogP contribution in [0.1, 0.15) is 32.8 Å². The molecular formula is C27H28N4O2S. The number of H-pyrrole nitrogens is 1. The smallest absolute Gasteiger partial charge is 0.234 e. The minimum atomic E-state index is -0.126. The molecular weight excluding hydrogens is 444 g/mol. The summed E-state index contributed by atoms with van der Waals surface area (Å²) in [4.78, 5) is 16.8. The number of carbonyl (C=O) groups excluding carboxylic acids is 1. The highest BCUT2D eigenvalue weighted by molar-refractivity contribution is 7.99. The zero-order valence-corrected chi connectivity index (χ0v) is 20.4. The molecule has 0 aliphatic rings. The normalized spacial score (nSPS) is 11.3. The lowest BCUT2D eigenvalue weighted by atomic mass is 9.82. The van der Waals surface area contributed by atoms with Gasteiger partial charge in [0.15, 0.2) is 5.82 Å². The minimum absolute atomic E-state index is 0.126. The van der Waals surface area contributed by atoms with Crippen LogP contribution >= 0.6 is 11.8 Å². The number of rotatable bonds is 9. The average molecular weight is 473 g/mol. The first kappa shape index (κ1) is 23.6. The van der Waals surface area contributed by atoms with E-state index < -0.39 is 0 Å². The zero-order valence-electron chi connectivity index (χ0n) is 19.5. The maximum atomic E-state index is 12.3. The maximum Gasteiger partial charge on any atom is 0.234 e. The number of benzene rings is 3. The number of hydrogen-bond donors (Lipinski definition) is 2. The van der Waals surface area contributed by atoms with E-state index in [1.807, 2.05) is 66.7 Å². The van der Waals surface area contributed by atoms with Gasteiger partial charge in [-0.1, -0.05) is 75.0 Å². The number of nitrogens with one attached hydrogen (secondary N) is 2. The second-order valence-electron chi connectivity index (χ2n) is 8.56. The van der Waals surface area contributed by atoms with Gasteiger partial charge in [0.25, 0.3) is 0 Å². The van der Waals surface area contributed by atoms with Crippen LogP contribution in [0.3, 0.4) is 0 Å². The lowest BCUT2D eigenvalue weighted by molar-refractivity contribution is -0.113. The summed E-state index contributed by atoms with van der Waals surface area (Å²) in [6.07, 6.45) is 1.08. The molecule has 0 fully saturated rings. The van der Waals surface area contributed by atoms with Gasteiger partial charge in [-0.05, 0) is 53.8 Å². The fourth-order valence-electron chi connectivity index (χ4n) is 3.28. The molecule has 0 bridgehead atoms. The summed E-state index contributed by atoms with van der Waals surface area (Å²) in [6, 6.07) is 25.3. The molecule has 0 aliphatic heterocycles. The SMILES string of the molecule is CCC(C)(C)c1ccc(Oc2ccc(NC(=O)CSc3n[nH]c(-c4ccccc4)n3)cc2)cc1. The molecule has 0 radical (unpaired) electrons. The summed E-state index contributed by atoms with van der Waals surface area (Å²) < 4.78 is 5.95. The van der Waals surface area contributed by atoms with Gasteiger partial charge in [-0.25, -0.2) is 4.98 Å². The first-order chi connectivity index (χ1) is 16.4. The summed E-state index contributed by atoms with van der Waals surface area (Å²) in [7, 11) is 0. The summed E-state index contributed by atoms with van der Waals surface area (Å²) in [5.74, 6) is 2.26. The van der Waals surface area contributed by atoms with Gasteiger partial charge < -0.3 is 10.1 Å². The number of thioether (sulfide) groups is 1. The van der Waals surface area contributed by atoms with Crippen LogP contribution in [0.25, 0.3) is 11.4 Å². The van der Waals surface area contributed by atoms with E-state index in [1.54, 1.807) is 0 Å². The van der Waals surface area contributed by atoms with Crippen LogP contribution in [0.15, 0.2) is 84.0 Å². The van der Waals surface area contributed by atoms with Crippen molar-refractivity contribution in [3.8, 4) is 22.9 Å². The van der Waals surface area contributed by atoms with Gasteiger partial charge in [0, 0.05) is 11.3 Å². The highest BCUT2D eigenvalue weighted by Gasteiger charge is 2.17. The van der Waals surface area contributed by atoms with Crippen molar-refractivity contribution in [3.63, 3.8) is 0 Å². The molecule has 2 N–H and O–H groups in total. The molecule has 0 atom stereocenters. The first-order valence-electron chi connectivity index (χ1n) is 11.2. The predicted molar refractivity (Wildman–Crippen MR) is 137 cm³/mol. The molecule has 0 saturated heterocycles. The number of aromatic nitrogens is 3. The van der Waals surface area contributed by atoms with Crippen molar-refractivity contribution in [2.24, 2.45) is 0 Å². The Kier molecular flexibility index (Phi) is 7.33. The number of hydrogen-bond acceptors (Lipinski definition) is 5. The van der Waals surface area contributed by atoms with Crippen molar-refractivity contribution in [2.45, 2.75) is 37.8 Å². The van der Waals surface area contributed by atoms with Crippen LogP contribution in [0, 0.1) is 0 Å². The third kappa shape index (κ3) is 6.05. The second kappa shape index (κ2) is 10.6. The maximum absolute atomic E-state index is 12.3. The van der Waals surface area contributed by atoms with Gasteiger partial charge in [-0.15, -0.1) is 5.10 Å². The van der Waals surface area contributed by atoms with E-state index in [9.17, 15) is 4.79 Å². The largest absolute Gasteiger partial charge is 0.457 e. The lowest BCUT2D eigenvalue weighted by Crippen LogP contribution is -2.14. The van der Waals surface area contributed by atoms with Crippen LogP contribution in [0.4, 0.5) is 5.69 Å². The van der Waals surface area contributed by atoms with Crippen molar-refractivity contribution in [1.82, 2.24) is 15.2 Å². The Bertz CT molecular complexity index is 1220. The quantitative estimate of drug-likeness (QED) is 0.266. The van der Waals surface area contributed by atoms with Crippen molar-refractivity contribution < 1.29 is 9.53 Å². The summed E-state index contributed by atoms with van der Waals surface area (Å²) >= 11 is 1.28. The average Bonchev–Trinajstić information content (AvgIpc) is 3.34. The molecule has 3 aromatic carbocycles. The summed E-state index contributed by atoms with van der Waals surface area (Å²) in [6.45, 7) is 6.67. The number of ether oxygens (including phenoxy) is 1. The standard InChI is InChI=1S/C27H28N4O2S/c1-4-27(2,3)20-10-14-22(15-11-20)33-23-16-12-21(13-17-23)28-24(32)18-34-26-29-25(30-31-26)19-8-6-5-7-9-19/h5-17H,4,18H2,1-3H3,(H,28,32)(H,29,30,31). The fraction of sp³-hybridized carbons (Fsp3) is 0.222. The van der Waals surface area contributed by atoms with E-state index in [0.29, 0.717) is 22.4 Å². The molecule has 34 heavy (non-hydrogen) atoms. The molecule has 4 aromatic rings. The Morgan fingerprint density at radius 2 is 1.62 bits per heavy atom. The molecule has 1 heterocycles. The van der Waals surface area contributed by atoms with E-state index in [-0.39, 0.29) is 17.1 Å². The van der Waals surface area contributed by atoms with E-state index in [1.165, 1.54) is 17.3 Å². The molecule has 0 saturated carbocycles. The molecule has 4 rings (SSSR count). The van der Waals surface area contributed by atoms with E-state index in [2.05, 4.69) is 53.4 Å². The second-order valence-corrected chi connectivity index (χ2v) is 9.50. The minimum Gasteiger partial charge on any atom is -0.457 e. The Hall–Kier alpha value is -3.58. The Balaban J connectivity index is 1.27. The lowest BCUT2D eigenvalue weighted by Gasteiger charge is -2.23. The Morgan fingerprint density at radius 3 is 2.26 bits per heavy atom. The van der Waals surface area contributed by atoms with Crippen LogP contribution in [-0.4, -0.2) is 26.8 Å². The zero-order chi connectivity index (χ0) is 24.0. The third-order valence-corrected chi connectivity index (χ3v) is 6.59. The molecule has 6 nitrogen and oxygen atoms in total. The van der Waals surface area contributed by atoms with Crippen LogP contribution in [-0.2, 0) is 10.2 Å². The molecule has 1 aromatic heterocycles. The van der Waals surface area contributed by atoms with Crippen molar-refractivity contribution in [2.75, 3.05) is 11.1 Å². The van der Waals surface area contributed by atoms with Crippen molar-refractivity contribution in [1.29, 1.82) is 0 Å². The van der Waals surface area contributed by atoms with E-state index >= 15 is 0 Å².